The van der Waals surface area contributed by atoms with Gasteiger partial charge in [-0.05, 0) is 25.8 Å². The third kappa shape index (κ3) is 5.86. The zero-order valence-corrected chi connectivity index (χ0v) is 20.5. The molecule has 4 rings (SSSR count). The Hall–Kier alpha value is -3.41. The topological polar surface area (TPSA) is 111 Å². The zero-order valence-electron chi connectivity index (χ0n) is 20.5. The molecule has 1 amide bonds. The highest BCUT2D eigenvalue weighted by Gasteiger charge is 2.31. The average Bonchev–Trinajstić information content (AvgIpc) is 3.31. The lowest BCUT2D eigenvalue weighted by atomic mass is 9.88. The number of aliphatic imine (C=N–C) groups is 1. The number of pyridine rings is 1. The quantitative estimate of drug-likeness (QED) is 0.526. The molecular weight excluding hydrogens is 474 g/mol. The first-order valence-corrected chi connectivity index (χ1v) is 11.8. The molecule has 12 heteroatoms. The maximum Gasteiger partial charge on any atom is 0.319 e. The number of halogens is 2. The molecule has 2 aromatic rings. The molecule has 0 bridgehead atoms. The normalized spacial score (nSPS) is 16.5. The molecule has 10 nitrogen and oxygen atoms in total. The van der Waals surface area contributed by atoms with Crippen LogP contribution in [0.2, 0.25) is 0 Å². The van der Waals surface area contributed by atoms with Gasteiger partial charge < -0.3 is 24.4 Å². The summed E-state index contributed by atoms with van der Waals surface area (Å²) >= 11 is 0. The number of carbonyl (C=O) groups excluding carboxylic acids is 1. The van der Waals surface area contributed by atoms with Crippen molar-refractivity contribution in [3.8, 4) is 11.8 Å². The number of fused-ring (bicyclic) bond motifs is 1. The Morgan fingerprint density at radius 3 is 2.72 bits per heavy atom. The van der Waals surface area contributed by atoms with E-state index in [2.05, 4.69) is 20.3 Å². The van der Waals surface area contributed by atoms with E-state index in [0.29, 0.717) is 32.1 Å². The Balaban J connectivity index is 1.50. The van der Waals surface area contributed by atoms with Crippen molar-refractivity contribution >= 4 is 17.4 Å². The van der Waals surface area contributed by atoms with Crippen molar-refractivity contribution in [2.45, 2.75) is 38.8 Å². The molecule has 1 saturated heterocycles. The minimum Gasteiger partial charge on any atom is -0.496 e. The second-order valence-electron chi connectivity index (χ2n) is 8.68. The minimum atomic E-state index is -2.66. The molecule has 0 aromatic carbocycles. The monoisotopic (exact) mass is 504 g/mol. The van der Waals surface area contributed by atoms with Crippen molar-refractivity contribution in [3.05, 3.63) is 35.3 Å². The van der Waals surface area contributed by atoms with E-state index in [1.165, 1.54) is 6.07 Å². The van der Waals surface area contributed by atoms with Gasteiger partial charge in [-0.25, -0.2) is 8.78 Å². The number of methoxy groups -OCH3 is 2. The summed E-state index contributed by atoms with van der Waals surface area (Å²) < 4.78 is 41.6. The van der Waals surface area contributed by atoms with Crippen LogP contribution in [0, 0.1) is 5.92 Å². The number of ether oxygens (including phenoxy) is 3. The van der Waals surface area contributed by atoms with Crippen LogP contribution in [0.4, 0.5) is 14.6 Å². The van der Waals surface area contributed by atoms with Crippen LogP contribution in [0.15, 0.2) is 23.3 Å². The van der Waals surface area contributed by atoms with Gasteiger partial charge in [0.2, 0.25) is 0 Å². The van der Waals surface area contributed by atoms with Gasteiger partial charge in [0, 0.05) is 38.4 Å². The number of carbonyl (C=O) groups is 1. The Morgan fingerprint density at radius 2 is 2.03 bits per heavy atom. The molecule has 1 N–H and O–H groups in total. The maximum atomic E-state index is 12.6. The van der Waals surface area contributed by atoms with Crippen LogP contribution >= 0.6 is 0 Å². The number of alkyl halides is 2. The Labute approximate surface area is 208 Å². The van der Waals surface area contributed by atoms with Crippen LogP contribution in [0.1, 0.15) is 41.5 Å². The lowest BCUT2D eigenvalue weighted by Crippen LogP contribution is -2.37. The second-order valence-corrected chi connectivity index (χ2v) is 8.68. The first kappa shape index (κ1) is 25.7. The van der Waals surface area contributed by atoms with Crippen molar-refractivity contribution in [3.63, 3.8) is 0 Å². The number of rotatable bonds is 10. The Bertz CT molecular complexity index is 1110. The van der Waals surface area contributed by atoms with Crippen molar-refractivity contribution in [1.82, 2.24) is 20.3 Å². The van der Waals surface area contributed by atoms with E-state index < -0.39 is 18.9 Å². The summed E-state index contributed by atoms with van der Waals surface area (Å²) in [5, 5.41) is 2.19. The number of aromatic nitrogens is 3. The molecular formula is C24H30F2N6O4. The summed E-state index contributed by atoms with van der Waals surface area (Å²) in [7, 11) is 3.19. The molecule has 0 unspecified atom stereocenters. The second kappa shape index (κ2) is 11.5. The SMILES string of the molecule is COC[C@@H](C)Oc1nc(C(=O)NCC(F)F)cc(N2CCC(C3=NCc4nccc(OC)c43)CC2)n1. The molecule has 0 saturated carbocycles. The fourth-order valence-corrected chi connectivity index (χ4v) is 4.46. The van der Waals surface area contributed by atoms with Gasteiger partial charge in [-0.2, -0.15) is 9.97 Å². The van der Waals surface area contributed by atoms with Crippen LogP contribution in [0.3, 0.4) is 0 Å². The van der Waals surface area contributed by atoms with Crippen LogP contribution in [-0.2, 0) is 11.3 Å². The molecule has 0 radical (unpaired) electrons. The number of hydrogen-bond acceptors (Lipinski definition) is 9. The first-order valence-electron chi connectivity index (χ1n) is 11.8. The standard InChI is InChI=1S/C24H30F2N6O4/c1-14(13-34-2)36-24-30-16(23(33)29-12-19(25)26)10-20(31-24)32-8-5-15(6-9-32)22-21-17(11-28-22)27-7-4-18(21)35-3/h4,7,10,14-15,19H,5-6,8-9,11-13H2,1-3H3,(H,29,33)/t14-/m1/s1. The summed E-state index contributed by atoms with van der Waals surface area (Å²) in [5.74, 6) is 0.794. The van der Waals surface area contributed by atoms with Crippen LogP contribution < -0.4 is 19.7 Å². The van der Waals surface area contributed by atoms with Crippen LogP contribution in [-0.4, -0.2) is 79.6 Å². The summed E-state index contributed by atoms with van der Waals surface area (Å²) in [6.45, 7) is 3.18. The fraction of sp³-hybridized carbons (Fsp3) is 0.542. The number of anilines is 1. The summed E-state index contributed by atoms with van der Waals surface area (Å²) in [5.41, 5.74) is 2.89. The lowest BCUT2D eigenvalue weighted by Gasteiger charge is -2.33. The molecule has 0 aliphatic carbocycles. The Kier molecular flexibility index (Phi) is 8.24. The number of nitrogens with zero attached hydrogens (tertiary/aromatic N) is 5. The molecule has 1 atom stereocenters. The van der Waals surface area contributed by atoms with Crippen LogP contribution in [0.5, 0.6) is 11.8 Å². The minimum absolute atomic E-state index is 0.00808. The third-order valence-electron chi connectivity index (χ3n) is 6.12. The van der Waals surface area contributed by atoms with Gasteiger partial charge in [0.05, 0.1) is 43.8 Å². The van der Waals surface area contributed by atoms with E-state index in [-0.39, 0.29) is 23.7 Å². The largest absolute Gasteiger partial charge is 0.496 e. The molecule has 2 aromatic heterocycles. The van der Waals surface area contributed by atoms with E-state index in [1.807, 2.05) is 11.0 Å². The molecule has 2 aliphatic heterocycles. The first-order chi connectivity index (χ1) is 17.4. The van der Waals surface area contributed by atoms with Gasteiger partial charge in [-0.1, -0.05) is 0 Å². The van der Waals surface area contributed by atoms with Gasteiger partial charge >= 0.3 is 6.01 Å². The smallest absolute Gasteiger partial charge is 0.319 e. The summed E-state index contributed by atoms with van der Waals surface area (Å²) in [6.07, 6.45) is 0.324. The molecule has 1 fully saturated rings. The number of hydrogen-bond donors (Lipinski definition) is 1. The number of nitrogens with one attached hydrogen (secondary N) is 1. The average molecular weight is 505 g/mol. The van der Waals surface area contributed by atoms with Gasteiger partial charge in [-0.3, -0.25) is 14.8 Å². The molecule has 36 heavy (non-hydrogen) atoms. The van der Waals surface area contributed by atoms with Crippen molar-refractivity contribution in [2.24, 2.45) is 10.9 Å². The molecule has 194 valence electrons. The van der Waals surface area contributed by atoms with Gasteiger partial charge in [0.15, 0.2) is 0 Å². The van der Waals surface area contributed by atoms with Gasteiger partial charge in [0.1, 0.15) is 23.4 Å². The van der Waals surface area contributed by atoms with Crippen molar-refractivity contribution in [1.29, 1.82) is 0 Å². The maximum absolute atomic E-state index is 12.6. The lowest BCUT2D eigenvalue weighted by molar-refractivity contribution is 0.0833. The predicted octanol–water partition coefficient (Wildman–Crippen LogP) is 2.51. The van der Waals surface area contributed by atoms with E-state index in [4.69, 9.17) is 19.2 Å². The molecule has 2 aliphatic rings. The van der Waals surface area contributed by atoms with Crippen LogP contribution in [0.25, 0.3) is 0 Å². The van der Waals surface area contributed by atoms with E-state index in [1.54, 1.807) is 27.3 Å². The number of amides is 1. The highest BCUT2D eigenvalue weighted by atomic mass is 19.3. The highest BCUT2D eigenvalue weighted by molar-refractivity contribution is 6.07. The van der Waals surface area contributed by atoms with E-state index in [9.17, 15) is 13.6 Å². The van der Waals surface area contributed by atoms with E-state index >= 15 is 0 Å². The van der Waals surface area contributed by atoms with Gasteiger partial charge in [-0.15, -0.1) is 0 Å². The van der Waals surface area contributed by atoms with Crippen molar-refractivity contribution in [2.75, 3.05) is 45.4 Å². The Morgan fingerprint density at radius 1 is 1.25 bits per heavy atom. The highest BCUT2D eigenvalue weighted by Crippen LogP contribution is 2.34. The summed E-state index contributed by atoms with van der Waals surface area (Å²) in [4.78, 5) is 32.3. The van der Waals surface area contributed by atoms with E-state index in [0.717, 1.165) is 35.6 Å². The number of piperidine rings is 1. The fourth-order valence-electron chi connectivity index (χ4n) is 4.46. The predicted molar refractivity (Wildman–Crippen MR) is 128 cm³/mol. The molecule has 0 spiro atoms. The zero-order chi connectivity index (χ0) is 25.7. The summed E-state index contributed by atoms with van der Waals surface area (Å²) in [6, 6.07) is 3.35. The third-order valence-corrected chi connectivity index (χ3v) is 6.12. The molecule has 4 heterocycles. The van der Waals surface area contributed by atoms with Gasteiger partial charge in [0.25, 0.3) is 12.3 Å². The van der Waals surface area contributed by atoms with Crippen molar-refractivity contribution < 1.29 is 27.8 Å².